The lowest BCUT2D eigenvalue weighted by Crippen LogP contribution is -2.29. The van der Waals surface area contributed by atoms with Crippen LogP contribution in [0.1, 0.15) is 44.9 Å². The van der Waals surface area contributed by atoms with Gasteiger partial charge in [0.05, 0.1) is 17.2 Å². The molecule has 0 aromatic heterocycles. The van der Waals surface area contributed by atoms with Crippen molar-refractivity contribution < 1.29 is 29.6 Å². The van der Waals surface area contributed by atoms with Crippen LogP contribution >= 0.6 is 0 Å². The smallest absolute Gasteiger partial charge is 0.190 e. The van der Waals surface area contributed by atoms with E-state index in [4.69, 9.17) is 4.74 Å². The second kappa shape index (κ2) is 3.52. The van der Waals surface area contributed by atoms with E-state index < -0.39 is 29.0 Å². The Morgan fingerprint density at radius 3 is 2.33 bits per heavy atom. The van der Waals surface area contributed by atoms with Crippen LogP contribution in [-0.2, 0) is 11.2 Å². The fraction of sp³-hybridized carbons (Fsp3) is 0.333. The van der Waals surface area contributed by atoms with Gasteiger partial charge in [-0.05, 0) is 19.1 Å². The molecular weight excluding hydrogens is 276 g/mol. The lowest BCUT2D eigenvalue weighted by atomic mass is 9.77. The SMILES string of the molecule is C[C@]12O[C@H]1Cc1c(O)c3c(c(O)c1[C@H]2O)C(=O)C=CC3=O. The van der Waals surface area contributed by atoms with Gasteiger partial charge in [0, 0.05) is 17.5 Å². The van der Waals surface area contributed by atoms with Crippen molar-refractivity contribution in [2.24, 2.45) is 0 Å². The van der Waals surface area contributed by atoms with Crippen LogP contribution in [0.15, 0.2) is 12.2 Å². The molecule has 0 saturated carbocycles. The standard InChI is InChI=1S/C15H12O6/c1-15-8(21-15)4-5-9(14(15)20)13(19)11-7(17)3-2-6(16)10(11)12(5)18/h2-3,8,14,18-20H,4H2,1H3/t8-,14+,15-/m0/s1. The molecule has 1 aromatic rings. The molecule has 0 unspecified atom stereocenters. The van der Waals surface area contributed by atoms with Crippen molar-refractivity contribution in [3.63, 3.8) is 0 Å². The van der Waals surface area contributed by atoms with Crippen molar-refractivity contribution in [3.05, 3.63) is 34.4 Å². The van der Waals surface area contributed by atoms with Crippen molar-refractivity contribution in [1.29, 1.82) is 0 Å². The summed E-state index contributed by atoms with van der Waals surface area (Å²) in [5, 5.41) is 31.1. The maximum Gasteiger partial charge on any atom is 0.190 e. The van der Waals surface area contributed by atoms with Crippen LogP contribution in [0.4, 0.5) is 0 Å². The Balaban J connectivity index is 2.06. The van der Waals surface area contributed by atoms with E-state index >= 15 is 0 Å². The maximum atomic E-state index is 11.9. The molecule has 2 aliphatic carbocycles. The van der Waals surface area contributed by atoms with E-state index in [1.54, 1.807) is 6.92 Å². The molecule has 1 aliphatic heterocycles. The zero-order valence-corrected chi connectivity index (χ0v) is 11.1. The number of hydrogen-bond donors (Lipinski definition) is 3. The molecule has 1 saturated heterocycles. The minimum atomic E-state index is -1.16. The number of epoxide rings is 1. The highest BCUT2D eigenvalue weighted by Crippen LogP contribution is 2.57. The number of carbonyl (C=O) groups is 2. The van der Waals surface area contributed by atoms with Crippen LogP contribution in [0.2, 0.25) is 0 Å². The summed E-state index contributed by atoms with van der Waals surface area (Å²) >= 11 is 0. The molecule has 0 radical (unpaired) electrons. The summed E-state index contributed by atoms with van der Waals surface area (Å²) in [5.41, 5.74) is -0.909. The van der Waals surface area contributed by atoms with Gasteiger partial charge in [-0.25, -0.2) is 0 Å². The minimum Gasteiger partial charge on any atom is -0.507 e. The van der Waals surface area contributed by atoms with E-state index in [1.807, 2.05) is 0 Å². The van der Waals surface area contributed by atoms with E-state index in [1.165, 1.54) is 0 Å². The van der Waals surface area contributed by atoms with Crippen molar-refractivity contribution in [2.75, 3.05) is 0 Å². The molecule has 4 rings (SSSR count). The van der Waals surface area contributed by atoms with Crippen molar-refractivity contribution >= 4 is 11.6 Å². The number of allylic oxidation sites excluding steroid dienone is 2. The molecule has 0 bridgehead atoms. The van der Waals surface area contributed by atoms with Crippen LogP contribution in [0.3, 0.4) is 0 Å². The number of phenols is 2. The maximum absolute atomic E-state index is 11.9. The second-order valence-corrected chi connectivity index (χ2v) is 5.80. The molecule has 0 amide bonds. The summed E-state index contributed by atoms with van der Waals surface area (Å²) in [4.78, 5) is 23.9. The fourth-order valence-electron chi connectivity index (χ4n) is 3.32. The largest absolute Gasteiger partial charge is 0.507 e. The Bertz CT molecular complexity index is 762. The van der Waals surface area contributed by atoms with E-state index in [-0.39, 0.29) is 40.5 Å². The number of aromatic hydroxyl groups is 2. The van der Waals surface area contributed by atoms with Crippen LogP contribution in [0.5, 0.6) is 11.5 Å². The Labute approximate surface area is 119 Å². The molecular formula is C15H12O6. The quantitative estimate of drug-likeness (QED) is 0.481. The predicted octanol–water partition coefficient (Wildman–Crippen LogP) is 0.780. The van der Waals surface area contributed by atoms with E-state index in [2.05, 4.69) is 0 Å². The van der Waals surface area contributed by atoms with Crippen LogP contribution in [-0.4, -0.2) is 38.6 Å². The molecule has 3 N–H and O–H groups in total. The zero-order chi connectivity index (χ0) is 15.1. The molecule has 1 aromatic carbocycles. The summed E-state index contributed by atoms with van der Waals surface area (Å²) in [5.74, 6) is -1.91. The average Bonchev–Trinajstić information content (AvgIpc) is 3.11. The van der Waals surface area contributed by atoms with Gasteiger partial charge >= 0.3 is 0 Å². The fourth-order valence-corrected chi connectivity index (χ4v) is 3.32. The monoisotopic (exact) mass is 288 g/mol. The second-order valence-electron chi connectivity index (χ2n) is 5.80. The lowest BCUT2D eigenvalue weighted by molar-refractivity contribution is 0.0809. The number of ketones is 2. The van der Waals surface area contributed by atoms with Gasteiger partial charge in [0.2, 0.25) is 0 Å². The van der Waals surface area contributed by atoms with Crippen molar-refractivity contribution in [1.82, 2.24) is 0 Å². The molecule has 0 spiro atoms. The molecule has 6 nitrogen and oxygen atoms in total. The van der Waals surface area contributed by atoms with Gasteiger partial charge in [-0.15, -0.1) is 0 Å². The number of aliphatic hydroxyl groups excluding tert-OH is 1. The van der Waals surface area contributed by atoms with Crippen molar-refractivity contribution in [3.8, 4) is 11.5 Å². The number of rotatable bonds is 0. The van der Waals surface area contributed by atoms with E-state index in [0.29, 0.717) is 0 Å². The van der Waals surface area contributed by atoms with Gasteiger partial charge in [0.25, 0.3) is 0 Å². The third-order valence-electron chi connectivity index (χ3n) is 4.65. The number of fused-ring (bicyclic) bond motifs is 3. The highest BCUT2D eigenvalue weighted by atomic mass is 16.6. The molecule has 6 heteroatoms. The highest BCUT2D eigenvalue weighted by Gasteiger charge is 2.62. The van der Waals surface area contributed by atoms with Crippen LogP contribution in [0, 0.1) is 0 Å². The first-order valence-corrected chi connectivity index (χ1v) is 6.59. The predicted molar refractivity (Wildman–Crippen MR) is 69.5 cm³/mol. The highest BCUT2D eigenvalue weighted by molar-refractivity contribution is 6.24. The molecule has 21 heavy (non-hydrogen) atoms. The average molecular weight is 288 g/mol. The zero-order valence-electron chi connectivity index (χ0n) is 11.1. The summed E-state index contributed by atoms with van der Waals surface area (Å²) in [6, 6.07) is 0. The Hall–Kier alpha value is -2.18. The summed E-state index contributed by atoms with van der Waals surface area (Å²) in [6.07, 6.45) is 0.960. The Kier molecular flexibility index (Phi) is 2.11. The van der Waals surface area contributed by atoms with Crippen molar-refractivity contribution in [2.45, 2.75) is 31.2 Å². The summed E-state index contributed by atoms with van der Waals surface area (Å²) < 4.78 is 5.43. The first-order chi connectivity index (χ1) is 9.86. The summed E-state index contributed by atoms with van der Waals surface area (Å²) in [6.45, 7) is 1.70. The van der Waals surface area contributed by atoms with Gasteiger partial charge in [0.15, 0.2) is 11.6 Å². The molecule has 3 atom stereocenters. The Morgan fingerprint density at radius 1 is 1.14 bits per heavy atom. The van der Waals surface area contributed by atoms with Crippen LogP contribution < -0.4 is 0 Å². The summed E-state index contributed by atoms with van der Waals surface area (Å²) in [7, 11) is 0. The molecule has 108 valence electrons. The minimum absolute atomic E-state index is 0.0824. The third kappa shape index (κ3) is 1.33. The topological polar surface area (TPSA) is 107 Å². The van der Waals surface area contributed by atoms with Gasteiger partial charge in [-0.1, -0.05) is 0 Å². The molecule has 1 heterocycles. The van der Waals surface area contributed by atoms with Gasteiger partial charge in [-0.3, -0.25) is 9.59 Å². The number of phenolic OH excluding ortho intramolecular Hbond substituents is 2. The first-order valence-electron chi connectivity index (χ1n) is 6.59. The number of ether oxygens (including phenoxy) is 1. The van der Waals surface area contributed by atoms with Gasteiger partial charge in [-0.2, -0.15) is 0 Å². The normalized spacial score (nSPS) is 32.5. The van der Waals surface area contributed by atoms with E-state index in [0.717, 1.165) is 12.2 Å². The number of aliphatic hydroxyl groups is 1. The first kappa shape index (κ1) is 12.6. The lowest BCUT2D eigenvalue weighted by Gasteiger charge is -2.28. The van der Waals surface area contributed by atoms with E-state index in [9.17, 15) is 24.9 Å². The molecule has 1 fully saturated rings. The molecule has 3 aliphatic rings. The number of carbonyl (C=O) groups excluding carboxylic acids is 2. The number of hydrogen-bond acceptors (Lipinski definition) is 6. The van der Waals surface area contributed by atoms with Crippen LogP contribution in [0.25, 0.3) is 0 Å². The Morgan fingerprint density at radius 2 is 1.71 bits per heavy atom. The van der Waals surface area contributed by atoms with Gasteiger partial charge < -0.3 is 20.1 Å². The number of benzene rings is 1. The third-order valence-corrected chi connectivity index (χ3v) is 4.65. The van der Waals surface area contributed by atoms with Gasteiger partial charge in [0.1, 0.15) is 23.2 Å².